The van der Waals surface area contributed by atoms with E-state index >= 15 is 0 Å². The van der Waals surface area contributed by atoms with Crippen LogP contribution in [0.1, 0.15) is 44.7 Å². The van der Waals surface area contributed by atoms with E-state index in [1.54, 1.807) is 0 Å². The molecule has 2 heterocycles. The molecule has 19 heavy (non-hydrogen) atoms. The Morgan fingerprint density at radius 2 is 2.05 bits per heavy atom. The van der Waals surface area contributed by atoms with Crippen LogP contribution in [-0.2, 0) is 6.54 Å². The number of hydrogen-bond acceptors (Lipinski definition) is 4. The van der Waals surface area contributed by atoms with Gasteiger partial charge in [-0.15, -0.1) is 5.10 Å². The van der Waals surface area contributed by atoms with Crippen molar-refractivity contribution < 1.29 is 0 Å². The quantitative estimate of drug-likeness (QED) is 0.902. The third kappa shape index (κ3) is 3.66. The van der Waals surface area contributed by atoms with E-state index in [4.69, 9.17) is 0 Å². The van der Waals surface area contributed by atoms with Gasteiger partial charge in [0.2, 0.25) is 0 Å². The molecule has 0 bridgehead atoms. The van der Waals surface area contributed by atoms with Crippen LogP contribution in [0.15, 0.2) is 12.1 Å². The zero-order valence-corrected chi connectivity index (χ0v) is 11.8. The SMILES string of the molecule is CC1CCCN(c2ccc(CNC3CC3)nn2)CC1. The van der Waals surface area contributed by atoms with Crippen LogP contribution in [0.25, 0.3) is 0 Å². The Hall–Kier alpha value is -1.16. The van der Waals surface area contributed by atoms with Gasteiger partial charge in [-0.05, 0) is 50.2 Å². The van der Waals surface area contributed by atoms with Crippen LogP contribution >= 0.6 is 0 Å². The first-order valence-electron chi connectivity index (χ1n) is 7.62. The maximum Gasteiger partial charge on any atom is 0.151 e. The van der Waals surface area contributed by atoms with Gasteiger partial charge in [0.05, 0.1) is 5.69 Å². The van der Waals surface area contributed by atoms with E-state index in [9.17, 15) is 0 Å². The van der Waals surface area contributed by atoms with Crippen LogP contribution in [0.2, 0.25) is 0 Å². The van der Waals surface area contributed by atoms with Crippen molar-refractivity contribution in [3.63, 3.8) is 0 Å². The second-order valence-electron chi connectivity index (χ2n) is 6.06. The molecule has 0 amide bonds. The van der Waals surface area contributed by atoms with Crippen molar-refractivity contribution in [1.29, 1.82) is 0 Å². The first-order chi connectivity index (χ1) is 9.31. The lowest BCUT2D eigenvalue weighted by Gasteiger charge is -2.20. The maximum absolute atomic E-state index is 4.40. The fourth-order valence-electron chi connectivity index (χ4n) is 2.64. The highest BCUT2D eigenvalue weighted by atomic mass is 15.3. The largest absolute Gasteiger partial charge is 0.355 e. The predicted molar refractivity (Wildman–Crippen MR) is 77.1 cm³/mol. The fourth-order valence-corrected chi connectivity index (χ4v) is 2.64. The highest BCUT2D eigenvalue weighted by Crippen LogP contribution is 2.21. The molecule has 1 saturated heterocycles. The van der Waals surface area contributed by atoms with E-state index in [-0.39, 0.29) is 0 Å². The second kappa shape index (κ2) is 5.87. The molecule has 3 rings (SSSR count). The summed E-state index contributed by atoms with van der Waals surface area (Å²) in [4.78, 5) is 2.38. The molecule has 1 N–H and O–H groups in total. The molecule has 104 valence electrons. The Morgan fingerprint density at radius 1 is 1.16 bits per heavy atom. The van der Waals surface area contributed by atoms with E-state index in [0.29, 0.717) is 0 Å². The predicted octanol–water partition coefficient (Wildman–Crippen LogP) is 2.36. The van der Waals surface area contributed by atoms with Gasteiger partial charge < -0.3 is 10.2 Å². The lowest BCUT2D eigenvalue weighted by Crippen LogP contribution is -2.25. The summed E-state index contributed by atoms with van der Waals surface area (Å²) in [6.45, 7) is 5.45. The number of nitrogens with zero attached hydrogens (tertiary/aromatic N) is 3. The van der Waals surface area contributed by atoms with Gasteiger partial charge in [0.25, 0.3) is 0 Å². The average molecular weight is 260 g/mol. The number of aromatic nitrogens is 2. The van der Waals surface area contributed by atoms with Crippen LogP contribution in [0.4, 0.5) is 5.82 Å². The van der Waals surface area contributed by atoms with E-state index in [0.717, 1.165) is 43.1 Å². The Labute approximate surface area is 115 Å². The topological polar surface area (TPSA) is 41.0 Å². The molecule has 1 aromatic rings. The van der Waals surface area contributed by atoms with Gasteiger partial charge in [0.15, 0.2) is 5.82 Å². The van der Waals surface area contributed by atoms with Crippen LogP contribution in [-0.4, -0.2) is 29.3 Å². The van der Waals surface area contributed by atoms with Gasteiger partial charge in [-0.1, -0.05) is 6.92 Å². The summed E-state index contributed by atoms with van der Waals surface area (Å²) < 4.78 is 0. The third-order valence-corrected chi connectivity index (χ3v) is 4.20. The standard InChI is InChI=1S/C15H24N4/c1-12-3-2-9-19(10-8-12)15-7-6-14(17-18-15)11-16-13-4-5-13/h6-7,12-13,16H,2-5,8-11H2,1H3. The number of anilines is 1. The Kier molecular flexibility index (Phi) is 3.97. The van der Waals surface area contributed by atoms with Crippen molar-refractivity contribution in [1.82, 2.24) is 15.5 Å². The average Bonchev–Trinajstić information content (AvgIpc) is 3.25. The molecule has 1 aromatic heterocycles. The maximum atomic E-state index is 4.40. The lowest BCUT2D eigenvalue weighted by atomic mass is 10.0. The minimum absolute atomic E-state index is 0.730. The van der Waals surface area contributed by atoms with Gasteiger partial charge in [-0.2, -0.15) is 5.10 Å². The van der Waals surface area contributed by atoms with E-state index in [1.807, 2.05) is 0 Å². The van der Waals surface area contributed by atoms with E-state index in [1.165, 1.54) is 32.1 Å². The first kappa shape index (κ1) is 12.9. The molecule has 2 aliphatic rings. The normalized spacial score (nSPS) is 24.3. The zero-order chi connectivity index (χ0) is 13.1. The summed E-state index contributed by atoms with van der Waals surface area (Å²) in [5.74, 6) is 1.89. The molecule has 0 aromatic carbocycles. The number of nitrogens with one attached hydrogen (secondary N) is 1. The summed E-state index contributed by atoms with van der Waals surface area (Å²) >= 11 is 0. The highest BCUT2D eigenvalue weighted by molar-refractivity contribution is 5.37. The lowest BCUT2D eigenvalue weighted by molar-refractivity contribution is 0.521. The minimum atomic E-state index is 0.730. The van der Waals surface area contributed by atoms with Crippen LogP contribution in [0, 0.1) is 5.92 Å². The van der Waals surface area contributed by atoms with Gasteiger partial charge in [0.1, 0.15) is 0 Å². The summed E-state index contributed by atoms with van der Waals surface area (Å²) in [5.41, 5.74) is 1.05. The monoisotopic (exact) mass is 260 g/mol. The van der Waals surface area contributed by atoms with E-state index in [2.05, 4.69) is 39.5 Å². The van der Waals surface area contributed by atoms with E-state index < -0.39 is 0 Å². The van der Waals surface area contributed by atoms with Crippen LogP contribution in [0.3, 0.4) is 0 Å². The van der Waals surface area contributed by atoms with Crippen molar-refractivity contribution in [3.05, 3.63) is 17.8 Å². The van der Waals surface area contributed by atoms with Crippen molar-refractivity contribution in [2.24, 2.45) is 5.92 Å². The van der Waals surface area contributed by atoms with Crippen LogP contribution in [0.5, 0.6) is 0 Å². The zero-order valence-electron chi connectivity index (χ0n) is 11.8. The molecule has 1 aliphatic heterocycles. The molecule has 2 fully saturated rings. The molecule has 0 spiro atoms. The van der Waals surface area contributed by atoms with Gasteiger partial charge in [0, 0.05) is 25.7 Å². The molecular formula is C15H24N4. The molecule has 0 radical (unpaired) electrons. The smallest absolute Gasteiger partial charge is 0.151 e. The molecule has 1 unspecified atom stereocenters. The number of rotatable bonds is 4. The van der Waals surface area contributed by atoms with Gasteiger partial charge in [-0.3, -0.25) is 0 Å². The first-order valence-corrected chi connectivity index (χ1v) is 7.62. The summed E-state index contributed by atoms with van der Waals surface area (Å²) in [7, 11) is 0. The molecule has 4 heteroatoms. The number of hydrogen-bond donors (Lipinski definition) is 1. The second-order valence-corrected chi connectivity index (χ2v) is 6.06. The van der Waals surface area contributed by atoms with Crippen LogP contribution < -0.4 is 10.2 Å². The van der Waals surface area contributed by atoms with Crippen molar-refractivity contribution in [3.8, 4) is 0 Å². The molecule has 1 saturated carbocycles. The molecule has 1 atom stereocenters. The van der Waals surface area contributed by atoms with Crippen molar-refractivity contribution >= 4 is 5.82 Å². The summed E-state index contributed by atoms with van der Waals surface area (Å²) in [6, 6.07) is 4.98. The van der Waals surface area contributed by atoms with Crippen molar-refractivity contribution in [2.75, 3.05) is 18.0 Å². The fraction of sp³-hybridized carbons (Fsp3) is 0.733. The molecule has 1 aliphatic carbocycles. The minimum Gasteiger partial charge on any atom is -0.355 e. The Morgan fingerprint density at radius 3 is 2.79 bits per heavy atom. The van der Waals surface area contributed by atoms with Gasteiger partial charge >= 0.3 is 0 Å². The molecule has 4 nitrogen and oxygen atoms in total. The Balaban J connectivity index is 1.57. The van der Waals surface area contributed by atoms with Crippen molar-refractivity contribution in [2.45, 2.75) is 51.6 Å². The summed E-state index contributed by atoms with van der Waals surface area (Å²) in [5, 5.41) is 12.2. The highest BCUT2D eigenvalue weighted by Gasteiger charge is 2.20. The Bertz CT molecular complexity index is 399. The molecular weight excluding hydrogens is 236 g/mol. The van der Waals surface area contributed by atoms with Gasteiger partial charge in [-0.25, -0.2) is 0 Å². The third-order valence-electron chi connectivity index (χ3n) is 4.20. The summed E-state index contributed by atoms with van der Waals surface area (Å²) in [6.07, 6.45) is 6.52.